The Morgan fingerprint density at radius 1 is 1.17 bits per heavy atom. The molecular weight excluding hydrogens is 312 g/mol. The molecule has 3 amide bonds. The number of fused-ring (bicyclic) bond motifs is 1. The van der Waals surface area contributed by atoms with Gasteiger partial charge in [0.1, 0.15) is 5.01 Å². The quantitative estimate of drug-likeness (QED) is 0.880. The van der Waals surface area contributed by atoms with Crippen LogP contribution < -0.4 is 10.6 Å². The predicted octanol–water partition coefficient (Wildman–Crippen LogP) is 2.11. The number of carbonyl (C=O) groups is 2. The Morgan fingerprint density at radius 2 is 1.96 bits per heavy atom. The van der Waals surface area contributed by atoms with Gasteiger partial charge in [-0.1, -0.05) is 12.1 Å². The van der Waals surface area contributed by atoms with E-state index in [9.17, 15) is 9.59 Å². The Morgan fingerprint density at radius 3 is 2.74 bits per heavy atom. The molecular formula is C16H20N4O2S. The van der Waals surface area contributed by atoms with E-state index < -0.39 is 0 Å². The highest BCUT2D eigenvalue weighted by Gasteiger charge is 2.17. The molecule has 2 aromatic rings. The molecule has 0 aliphatic carbocycles. The average Bonchev–Trinajstić information content (AvgIpc) is 3.21. The molecule has 122 valence electrons. The van der Waals surface area contributed by atoms with Gasteiger partial charge >= 0.3 is 6.03 Å². The highest BCUT2D eigenvalue weighted by molar-refractivity contribution is 7.18. The van der Waals surface area contributed by atoms with Crippen LogP contribution in [0.25, 0.3) is 10.2 Å². The van der Waals surface area contributed by atoms with Crippen molar-refractivity contribution in [1.82, 2.24) is 20.5 Å². The fourth-order valence-electron chi connectivity index (χ4n) is 2.62. The lowest BCUT2D eigenvalue weighted by Gasteiger charge is -2.15. The molecule has 0 radical (unpaired) electrons. The Hall–Kier alpha value is -2.15. The average molecular weight is 332 g/mol. The summed E-state index contributed by atoms with van der Waals surface area (Å²) in [6.45, 7) is 2.46. The molecule has 1 aliphatic heterocycles. The van der Waals surface area contributed by atoms with E-state index in [2.05, 4.69) is 15.6 Å². The molecule has 0 spiro atoms. The van der Waals surface area contributed by atoms with Crippen LogP contribution in [0.3, 0.4) is 0 Å². The van der Waals surface area contributed by atoms with Crippen LogP contribution in [0.1, 0.15) is 24.3 Å². The maximum absolute atomic E-state index is 11.9. The largest absolute Gasteiger partial charge is 0.343 e. The van der Waals surface area contributed by atoms with E-state index in [4.69, 9.17) is 0 Å². The van der Waals surface area contributed by atoms with Gasteiger partial charge in [0.25, 0.3) is 0 Å². The van der Waals surface area contributed by atoms with E-state index in [1.165, 1.54) is 0 Å². The van der Waals surface area contributed by atoms with Gasteiger partial charge in [0.2, 0.25) is 5.91 Å². The van der Waals surface area contributed by atoms with Crippen molar-refractivity contribution >= 4 is 33.5 Å². The zero-order valence-electron chi connectivity index (χ0n) is 12.9. The Balaban J connectivity index is 1.38. The second-order valence-corrected chi connectivity index (χ2v) is 6.64. The van der Waals surface area contributed by atoms with Gasteiger partial charge in [-0.05, 0) is 25.0 Å². The van der Waals surface area contributed by atoms with Gasteiger partial charge in [0, 0.05) is 26.1 Å². The van der Waals surface area contributed by atoms with Gasteiger partial charge in [-0.3, -0.25) is 4.79 Å². The number of hydrogen-bond acceptors (Lipinski definition) is 4. The maximum Gasteiger partial charge on any atom is 0.315 e. The van der Waals surface area contributed by atoms with E-state index >= 15 is 0 Å². The lowest BCUT2D eigenvalue weighted by molar-refractivity contribution is -0.129. The summed E-state index contributed by atoms with van der Waals surface area (Å²) in [5.41, 5.74) is 0.950. The third-order valence-electron chi connectivity index (χ3n) is 3.82. The van der Waals surface area contributed by atoms with Crippen LogP contribution in [0.5, 0.6) is 0 Å². The molecule has 1 saturated heterocycles. The van der Waals surface area contributed by atoms with Gasteiger partial charge in [0.15, 0.2) is 0 Å². The van der Waals surface area contributed by atoms with Crippen LogP contribution >= 0.6 is 11.3 Å². The molecule has 1 aliphatic rings. The van der Waals surface area contributed by atoms with Gasteiger partial charge in [0.05, 0.1) is 16.8 Å². The van der Waals surface area contributed by atoms with Gasteiger partial charge in [-0.2, -0.15) is 0 Å². The number of thiazole rings is 1. The first-order valence-electron chi connectivity index (χ1n) is 7.86. The molecule has 7 heteroatoms. The number of aromatic nitrogens is 1. The van der Waals surface area contributed by atoms with Gasteiger partial charge < -0.3 is 15.5 Å². The fourth-order valence-corrected chi connectivity index (χ4v) is 3.53. The molecule has 3 rings (SSSR count). The third-order valence-corrected chi connectivity index (χ3v) is 4.86. The first-order valence-corrected chi connectivity index (χ1v) is 8.68. The number of nitrogens with zero attached hydrogens (tertiary/aromatic N) is 2. The summed E-state index contributed by atoms with van der Waals surface area (Å²) in [6, 6.07) is 7.63. The summed E-state index contributed by atoms with van der Waals surface area (Å²) in [6.07, 6.45) is 2.53. The molecule has 2 N–H and O–H groups in total. The number of nitrogens with one attached hydrogen (secondary N) is 2. The second-order valence-electron chi connectivity index (χ2n) is 5.52. The number of urea groups is 1. The summed E-state index contributed by atoms with van der Waals surface area (Å²) in [5.74, 6) is 0.119. The lowest BCUT2D eigenvalue weighted by Crippen LogP contribution is -2.38. The minimum atomic E-state index is -0.265. The number of hydrogen-bond donors (Lipinski definition) is 2. The van der Waals surface area contributed by atoms with E-state index in [1.807, 2.05) is 29.2 Å². The topological polar surface area (TPSA) is 74.3 Å². The molecule has 0 atom stereocenters. The van der Waals surface area contributed by atoms with Crippen LogP contribution in [0.15, 0.2) is 24.3 Å². The van der Waals surface area contributed by atoms with Crippen molar-refractivity contribution in [2.45, 2.75) is 25.8 Å². The van der Waals surface area contributed by atoms with E-state index in [1.54, 1.807) is 11.3 Å². The van der Waals surface area contributed by atoms with E-state index in [0.717, 1.165) is 41.2 Å². The van der Waals surface area contributed by atoms with Crippen LogP contribution in [0.2, 0.25) is 0 Å². The van der Waals surface area contributed by atoms with Crippen molar-refractivity contribution < 1.29 is 9.59 Å². The lowest BCUT2D eigenvalue weighted by atomic mass is 10.3. The molecule has 1 aromatic heterocycles. The summed E-state index contributed by atoms with van der Waals surface area (Å²) in [4.78, 5) is 29.9. The monoisotopic (exact) mass is 332 g/mol. The first-order chi connectivity index (χ1) is 11.2. The summed E-state index contributed by atoms with van der Waals surface area (Å²) in [7, 11) is 0. The molecule has 1 fully saturated rings. The van der Waals surface area contributed by atoms with Gasteiger partial charge in [-0.15, -0.1) is 11.3 Å². The zero-order chi connectivity index (χ0) is 16.1. The predicted molar refractivity (Wildman–Crippen MR) is 90.3 cm³/mol. The highest BCUT2D eigenvalue weighted by Crippen LogP contribution is 2.21. The number of carbonyl (C=O) groups excluding carboxylic acids is 2. The van der Waals surface area contributed by atoms with Crippen LogP contribution in [0, 0.1) is 0 Å². The van der Waals surface area contributed by atoms with Crippen molar-refractivity contribution in [2.24, 2.45) is 0 Å². The molecule has 0 saturated carbocycles. The molecule has 0 bridgehead atoms. The number of para-hydroxylation sites is 1. The Labute approximate surface area is 138 Å². The summed E-state index contributed by atoms with van der Waals surface area (Å²) < 4.78 is 1.11. The van der Waals surface area contributed by atoms with Crippen LogP contribution in [0.4, 0.5) is 4.79 Å². The Kier molecular flexibility index (Phi) is 5.07. The van der Waals surface area contributed by atoms with E-state index in [0.29, 0.717) is 19.5 Å². The number of benzene rings is 1. The second kappa shape index (κ2) is 7.41. The molecule has 6 nitrogen and oxygen atoms in total. The number of rotatable bonds is 5. The minimum absolute atomic E-state index is 0.119. The molecule has 0 unspecified atom stereocenters. The van der Waals surface area contributed by atoms with Crippen molar-refractivity contribution in [3.8, 4) is 0 Å². The van der Waals surface area contributed by atoms with Crippen LogP contribution in [-0.2, 0) is 11.3 Å². The normalized spacial score (nSPS) is 14.2. The van der Waals surface area contributed by atoms with Crippen molar-refractivity contribution in [3.63, 3.8) is 0 Å². The molecule has 23 heavy (non-hydrogen) atoms. The fraction of sp³-hybridized carbons (Fsp3) is 0.438. The Bertz CT molecular complexity index is 661. The maximum atomic E-state index is 11.9. The SMILES string of the molecule is O=C(NCCC(=O)N1CCCC1)NCc1nc2ccccc2s1. The zero-order valence-corrected chi connectivity index (χ0v) is 13.7. The number of amides is 3. The third kappa shape index (κ3) is 4.19. The first kappa shape index (κ1) is 15.7. The van der Waals surface area contributed by atoms with Crippen molar-refractivity contribution in [2.75, 3.05) is 19.6 Å². The van der Waals surface area contributed by atoms with E-state index in [-0.39, 0.29) is 11.9 Å². The highest BCUT2D eigenvalue weighted by atomic mass is 32.1. The van der Waals surface area contributed by atoms with Gasteiger partial charge in [-0.25, -0.2) is 9.78 Å². The summed E-state index contributed by atoms with van der Waals surface area (Å²) >= 11 is 1.57. The van der Waals surface area contributed by atoms with Crippen molar-refractivity contribution in [3.05, 3.63) is 29.3 Å². The standard InChI is InChI=1S/C16H20N4O2S/c21-15(20-9-3-4-10-20)7-8-17-16(22)18-11-14-19-12-5-1-2-6-13(12)23-14/h1-2,5-6H,3-4,7-11H2,(H2,17,18,22). The van der Waals surface area contributed by atoms with Crippen LogP contribution in [-0.4, -0.2) is 41.5 Å². The molecule has 1 aromatic carbocycles. The smallest absolute Gasteiger partial charge is 0.315 e. The number of likely N-dealkylation sites (tertiary alicyclic amines) is 1. The molecule has 2 heterocycles. The summed E-state index contributed by atoms with van der Waals surface area (Å²) in [5, 5.41) is 6.37. The van der Waals surface area contributed by atoms with Crippen molar-refractivity contribution in [1.29, 1.82) is 0 Å². The minimum Gasteiger partial charge on any atom is -0.343 e.